The number of rotatable bonds is 6. The highest BCUT2D eigenvalue weighted by atomic mass is 32.1. The molecule has 1 N–H and O–H groups in total. The molecule has 0 bridgehead atoms. The zero-order chi connectivity index (χ0) is 16.4. The molecule has 4 nitrogen and oxygen atoms in total. The zero-order valence-corrected chi connectivity index (χ0v) is 14.3. The van der Waals surface area contributed by atoms with E-state index in [4.69, 9.17) is 0 Å². The van der Waals surface area contributed by atoms with Gasteiger partial charge >= 0.3 is 0 Å². The molecule has 1 amide bonds. The molecule has 1 aromatic carbocycles. The first-order valence-corrected chi connectivity index (χ1v) is 8.80. The Hall–Kier alpha value is -1.72. The summed E-state index contributed by atoms with van der Waals surface area (Å²) in [5.41, 5.74) is 1.97. The number of aliphatic hydroxyl groups is 1. The number of nitrogens with zero attached hydrogens (tertiary/aromatic N) is 2. The van der Waals surface area contributed by atoms with E-state index in [0.29, 0.717) is 17.3 Å². The lowest BCUT2D eigenvalue weighted by Gasteiger charge is -2.20. The van der Waals surface area contributed by atoms with E-state index in [-0.39, 0.29) is 5.91 Å². The second-order valence-electron chi connectivity index (χ2n) is 6.27. The van der Waals surface area contributed by atoms with Crippen LogP contribution in [-0.4, -0.2) is 40.6 Å². The Balaban J connectivity index is 1.68. The van der Waals surface area contributed by atoms with Gasteiger partial charge in [-0.2, -0.15) is 0 Å². The summed E-state index contributed by atoms with van der Waals surface area (Å²) in [4.78, 5) is 19.4. The number of aliphatic hydroxyl groups excluding tert-OH is 1. The molecule has 1 heterocycles. The highest BCUT2D eigenvalue weighted by Gasteiger charge is 2.31. The first-order valence-electron chi connectivity index (χ1n) is 7.98. The van der Waals surface area contributed by atoms with Crippen LogP contribution in [0.3, 0.4) is 0 Å². The monoisotopic (exact) mass is 330 g/mol. The standard InChI is InChI=1S/C18H22N2O2S/c1-12-17(18(22)20(2)11-15(21)14-8-9-14)23-16(19-12)10-13-6-4-3-5-7-13/h3-7,14-15,21H,8-11H2,1-2H3. The van der Waals surface area contributed by atoms with Crippen LogP contribution in [0.25, 0.3) is 0 Å². The number of amides is 1. The number of carbonyl (C=O) groups is 1. The second-order valence-corrected chi connectivity index (χ2v) is 7.36. The molecule has 1 unspecified atom stereocenters. The highest BCUT2D eigenvalue weighted by molar-refractivity contribution is 7.13. The molecule has 1 fully saturated rings. The van der Waals surface area contributed by atoms with Crippen molar-refractivity contribution in [3.05, 3.63) is 51.5 Å². The summed E-state index contributed by atoms with van der Waals surface area (Å²) in [6.45, 7) is 2.28. The highest BCUT2D eigenvalue weighted by Crippen LogP contribution is 2.33. The van der Waals surface area contributed by atoms with Crippen molar-refractivity contribution in [2.24, 2.45) is 5.92 Å². The topological polar surface area (TPSA) is 53.4 Å². The van der Waals surface area contributed by atoms with Crippen LogP contribution in [-0.2, 0) is 6.42 Å². The number of thiazole rings is 1. The van der Waals surface area contributed by atoms with Crippen LogP contribution in [0.2, 0.25) is 0 Å². The molecule has 1 atom stereocenters. The van der Waals surface area contributed by atoms with E-state index >= 15 is 0 Å². The van der Waals surface area contributed by atoms with Gasteiger partial charge in [-0.15, -0.1) is 11.3 Å². The summed E-state index contributed by atoms with van der Waals surface area (Å²) in [6, 6.07) is 10.1. The smallest absolute Gasteiger partial charge is 0.265 e. The van der Waals surface area contributed by atoms with E-state index in [2.05, 4.69) is 17.1 Å². The Morgan fingerprint density at radius 3 is 2.74 bits per heavy atom. The van der Waals surface area contributed by atoms with Crippen molar-refractivity contribution in [2.45, 2.75) is 32.3 Å². The molecule has 0 aliphatic heterocycles. The third-order valence-corrected chi connectivity index (χ3v) is 5.35. The summed E-state index contributed by atoms with van der Waals surface area (Å²) in [5, 5.41) is 11.0. The minimum Gasteiger partial charge on any atom is -0.391 e. The predicted octanol–water partition coefficient (Wildman–Crippen LogP) is 2.89. The lowest BCUT2D eigenvalue weighted by Crippen LogP contribution is -2.35. The minimum absolute atomic E-state index is 0.0426. The van der Waals surface area contributed by atoms with E-state index in [1.54, 1.807) is 11.9 Å². The van der Waals surface area contributed by atoms with Crippen LogP contribution in [0, 0.1) is 12.8 Å². The normalized spacial score (nSPS) is 15.4. The average Bonchev–Trinajstić information content (AvgIpc) is 3.32. The largest absolute Gasteiger partial charge is 0.391 e. The molecule has 1 aliphatic carbocycles. The number of likely N-dealkylation sites (N-methyl/N-ethyl adjacent to an activating group) is 1. The second kappa shape index (κ2) is 6.81. The van der Waals surface area contributed by atoms with Crippen LogP contribution < -0.4 is 0 Å². The maximum Gasteiger partial charge on any atom is 0.265 e. The number of benzene rings is 1. The Bertz CT molecular complexity index is 680. The molecule has 1 aliphatic rings. The van der Waals surface area contributed by atoms with Crippen LogP contribution in [0.5, 0.6) is 0 Å². The summed E-state index contributed by atoms with van der Waals surface area (Å²) in [5.74, 6) is 0.334. The lowest BCUT2D eigenvalue weighted by molar-refractivity contribution is 0.0649. The molecule has 1 aromatic heterocycles. The molecule has 122 valence electrons. The molecule has 0 saturated heterocycles. The number of aryl methyl sites for hydroxylation is 1. The summed E-state index contributed by atoms with van der Waals surface area (Å²) < 4.78 is 0. The summed E-state index contributed by atoms with van der Waals surface area (Å²) >= 11 is 1.46. The van der Waals surface area contributed by atoms with Crippen LogP contribution >= 0.6 is 11.3 Å². The van der Waals surface area contributed by atoms with Crippen molar-refractivity contribution in [2.75, 3.05) is 13.6 Å². The van der Waals surface area contributed by atoms with Gasteiger partial charge in [0.15, 0.2) is 0 Å². The lowest BCUT2D eigenvalue weighted by atomic mass is 10.2. The fourth-order valence-corrected chi connectivity index (χ4v) is 3.76. The van der Waals surface area contributed by atoms with Crippen molar-refractivity contribution in [1.82, 2.24) is 9.88 Å². The summed E-state index contributed by atoms with van der Waals surface area (Å²) in [6.07, 6.45) is 2.49. The Morgan fingerprint density at radius 2 is 2.09 bits per heavy atom. The Kier molecular flexibility index (Phi) is 4.78. The van der Waals surface area contributed by atoms with Gasteiger partial charge < -0.3 is 10.0 Å². The number of carbonyl (C=O) groups excluding carboxylic acids is 1. The molecule has 0 radical (unpaired) electrons. The fraction of sp³-hybridized carbons (Fsp3) is 0.444. The number of hydrogen-bond acceptors (Lipinski definition) is 4. The van der Waals surface area contributed by atoms with E-state index < -0.39 is 6.10 Å². The fourth-order valence-electron chi connectivity index (χ4n) is 2.66. The van der Waals surface area contributed by atoms with E-state index in [1.165, 1.54) is 16.9 Å². The summed E-state index contributed by atoms with van der Waals surface area (Å²) in [7, 11) is 1.75. The van der Waals surface area contributed by atoms with E-state index in [1.807, 2.05) is 25.1 Å². The molecule has 2 aromatic rings. The van der Waals surface area contributed by atoms with Gasteiger partial charge in [-0.05, 0) is 31.2 Å². The van der Waals surface area contributed by atoms with Gasteiger partial charge in [0.1, 0.15) is 4.88 Å². The first kappa shape index (κ1) is 16.1. The number of aromatic nitrogens is 1. The quantitative estimate of drug-likeness (QED) is 0.886. The van der Waals surface area contributed by atoms with Gasteiger partial charge in [-0.3, -0.25) is 4.79 Å². The Morgan fingerprint density at radius 1 is 1.39 bits per heavy atom. The van der Waals surface area contributed by atoms with Crippen LogP contribution in [0.15, 0.2) is 30.3 Å². The van der Waals surface area contributed by atoms with Crippen molar-refractivity contribution >= 4 is 17.2 Å². The van der Waals surface area contributed by atoms with Gasteiger partial charge in [-0.25, -0.2) is 4.98 Å². The van der Waals surface area contributed by atoms with Crippen molar-refractivity contribution in [3.63, 3.8) is 0 Å². The predicted molar refractivity (Wildman–Crippen MR) is 91.8 cm³/mol. The van der Waals surface area contributed by atoms with Gasteiger partial charge in [0.25, 0.3) is 5.91 Å². The Labute approximate surface area is 140 Å². The minimum atomic E-state index is -0.402. The maximum absolute atomic E-state index is 12.6. The van der Waals surface area contributed by atoms with Crippen molar-refractivity contribution in [1.29, 1.82) is 0 Å². The maximum atomic E-state index is 12.6. The van der Waals surface area contributed by atoms with Gasteiger partial charge in [0, 0.05) is 20.0 Å². The van der Waals surface area contributed by atoms with E-state index in [9.17, 15) is 9.90 Å². The van der Waals surface area contributed by atoms with Crippen molar-refractivity contribution in [3.8, 4) is 0 Å². The van der Waals surface area contributed by atoms with E-state index in [0.717, 1.165) is 30.0 Å². The van der Waals surface area contributed by atoms with Gasteiger partial charge in [0.2, 0.25) is 0 Å². The van der Waals surface area contributed by atoms with Crippen LogP contribution in [0.1, 0.15) is 38.8 Å². The third kappa shape index (κ3) is 3.98. The van der Waals surface area contributed by atoms with Gasteiger partial charge in [-0.1, -0.05) is 30.3 Å². The average molecular weight is 330 g/mol. The third-order valence-electron chi connectivity index (χ3n) is 4.21. The molecular formula is C18H22N2O2S. The molecular weight excluding hydrogens is 308 g/mol. The number of hydrogen-bond donors (Lipinski definition) is 1. The van der Waals surface area contributed by atoms with Gasteiger partial charge in [0.05, 0.1) is 16.8 Å². The van der Waals surface area contributed by atoms with Crippen LogP contribution in [0.4, 0.5) is 0 Å². The molecule has 0 spiro atoms. The molecule has 23 heavy (non-hydrogen) atoms. The zero-order valence-electron chi connectivity index (χ0n) is 13.5. The first-order chi connectivity index (χ1) is 11.0. The molecule has 1 saturated carbocycles. The molecule has 5 heteroatoms. The SMILES string of the molecule is Cc1nc(Cc2ccccc2)sc1C(=O)N(C)CC(O)C1CC1. The van der Waals surface area contributed by atoms with Crippen molar-refractivity contribution < 1.29 is 9.90 Å². The molecule has 3 rings (SSSR count).